The van der Waals surface area contributed by atoms with Crippen molar-refractivity contribution >= 4 is 22.5 Å². The zero-order valence-electron chi connectivity index (χ0n) is 17.0. The largest absolute Gasteiger partial charge is 0.497 e. The maximum absolute atomic E-state index is 12.5. The van der Waals surface area contributed by atoms with Crippen LogP contribution < -0.4 is 21.5 Å². The predicted octanol–water partition coefficient (Wildman–Crippen LogP) is 2.97. The maximum Gasteiger partial charge on any atom is 0.349 e. The van der Waals surface area contributed by atoms with Crippen molar-refractivity contribution in [3.05, 3.63) is 100 Å². The van der Waals surface area contributed by atoms with Crippen LogP contribution in [-0.4, -0.2) is 22.6 Å². The van der Waals surface area contributed by atoms with Gasteiger partial charge in [-0.15, -0.1) is 0 Å². The Balaban J connectivity index is 1.57. The summed E-state index contributed by atoms with van der Waals surface area (Å²) in [6.45, 7) is 0.764. The summed E-state index contributed by atoms with van der Waals surface area (Å²) in [5, 5.41) is 5.01. The molecule has 3 N–H and O–H groups in total. The number of hydrogen-bond acceptors (Lipinski definition) is 5. The molecule has 0 spiro atoms. The van der Waals surface area contributed by atoms with Crippen LogP contribution in [0.4, 0.5) is 5.82 Å². The van der Waals surface area contributed by atoms with Gasteiger partial charge in [0.05, 0.1) is 13.7 Å². The van der Waals surface area contributed by atoms with Crippen LogP contribution in [0, 0.1) is 0 Å². The summed E-state index contributed by atoms with van der Waals surface area (Å²) >= 11 is 0. The topological polar surface area (TPSA) is 99.2 Å². The standard InChI is InChI=1S/C24H22N4O3/c1-31-19-10-8-16(9-11-19)23(29)26-14-17-6-7-18(21-5-3-2-4-20(17)21)15-28-13-12-22(25)27-24(28)30/h2-13H,14-15H2,1H3,(H,26,29)(H2,25,27,30). The molecular formula is C24H22N4O3. The van der Waals surface area contributed by atoms with Crippen molar-refractivity contribution in [2.24, 2.45) is 0 Å². The molecule has 31 heavy (non-hydrogen) atoms. The van der Waals surface area contributed by atoms with Gasteiger partial charge in [-0.2, -0.15) is 4.98 Å². The molecule has 1 aromatic heterocycles. The molecule has 0 fully saturated rings. The highest BCUT2D eigenvalue weighted by atomic mass is 16.5. The number of nitrogen functional groups attached to an aromatic ring is 1. The predicted molar refractivity (Wildman–Crippen MR) is 120 cm³/mol. The molecule has 4 aromatic rings. The zero-order valence-corrected chi connectivity index (χ0v) is 17.0. The van der Waals surface area contributed by atoms with Crippen molar-refractivity contribution in [1.29, 1.82) is 0 Å². The van der Waals surface area contributed by atoms with E-state index in [0.29, 0.717) is 24.4 Å². The van der Waals surface area contributed by atoms with Crippen molar-refractivity contribution in [1.82, 2.24) is 14.9 Å². The van der Waals surface area contributed by atoms with Crippen LogP contribution in [0.3, 0.4) is 0 Å². The van der Waals surface area contributed by atoms with E-state index in [-0.39, 0.29) is 17.4 Å². The quantitative estimate of drug-likeness (QED) is 0.505. The molecule has 0 radical (unpaired) electrons. The second-order valence-electron chi connectivity index (χ2n) is 7.10. The zero-order chi connectivity index (χ0) is 21.8. The van der Waals surface area contributed by atoms with Gasteiger partial charge in [0.2, 0.25) is 0 Å². The van der Waals surface area contributed by atoms with Crippen LogP contribution in [0.25, 0.3) is 10.8 Å². The van der Waals surface area contributed by atoms with Crippen LogP contribution >= 0.6 is 0 Å². The van der Waals surface area contributed by atoms with E-state index >= 15 is 0 Å². The minimum Gasteiger partial charge on any atom is -0.497 e. The number of fused-ring (bicyclic) bond motifs is 1. The highest BCUT2D eigenvalue weighted by Gasteiger charge is 2.10. The van der Waals surface area contributed by atoms with Gasteiger partial charge in [0.1, 0.15) is 11.6 Å². The van der Waals surface area contributed by atoms with Gasteiger partial charge in [-0.1, -0.05) is 36.4 Å². The Morgan fingerprint density at radius 2 is 1.68 bits per heavy atom. The molecule has 1 amide bonds. The van der Waals surface area contributed by atoms with E-state index in [4.69, 9.17) is 10.5 Å². The van der Waals surface area contributed by atoms with Crippen molar-refractivity contribution in [2.45, 2.75) is 13.1 Å². The number of ether oxygens (including phenoxy) is 1. The van der Waals surface area contributed by atoms with Gasteiger partial charge in [-0.3, -0.25) is 9.36 Å². The summed E-state index contributed by atoms with van der Waals surface area (Å²) in [6, 6.07) is 20.5. The van der Waals surface area contributed by atoms with E-state index in [1.54, 1.807) is 43.6 Å². The molecule has 0 aliphatic carbocycles. The molecule has 0 aliphatic heterocycles. The molecule has 0 atom stereocenters. The first kappa shape index (κ1) is 20.2. The van der Waals surface area contributed by atoms with E-state index in [1.165, 1.54) is 4.57 Å². The summed E-state index contributed by atoms with van der Waals surface area (Å²) in [5.41, 5.74) is 7.73. The molecule has 0 saturated carbocycles. The fourth-order valence-electron chi connectivity index (χ4n) is 3.48. The van der Waals surface area contributed by atoms with Crippen LogP contribution in [0.15, 0.2) is 77.7 Å². The first-order valence-corrected chi connectivity index (χ1v) is 9.80. The number of nitrogens with zero attached hydrogens (tertiary/aromatic N) is 2. The van der Waals surface area contributed by atoms with Crippen molar-refractivity contribution < 1.29 is 9.53 Å². The SMILES string of the molecule is COc1ccc(C(=O)NCc2ccc(Cn3ccc(N)nc3=O)c3ccccc23)cc1. The number of methoxy groups -OCH3 is 1. The van der Waals surface area contributed by atoms with E-state index < -0.39 is 0 Å². The Labute approximate surface area is 179 Å². The molecule has 0 bridgehead atoms. The van der Waals surface area contributed by atoms with E-state index in [1.807, 2.05) is 36.4 Å². The molecule has 0 saturated heterocycles. The first-order chi connectivity index (χ1) is 15.0. The van der Waals surface area contributed by atoms with Gasteiger partial charge in [0, 0.05) is 18.3 Å². The number of amides is 1. The minimum atomic E-state index is -0.389. The van der Waals surface area contributed by atoms with Gasteiger partial charge in [0.25, 0.3) is 5.91 Å². The summed E-state index contributed by atoms with van der Waals surface area (Å²) < 4.78 is 6.65. The lowest BCUT2D eigenvalue weighted by Crippen LogP contribution is -2.24. The van der Waals surface area contributed by atoms with E-state index in [9.17, 15) is 9.59 Å². The Hall–Kier alpha value is -4.13. The van der Waals surface area contributed by atoms with Crippen LogP contribution in [-0.2, 0) is 13.1 Å². The monoisotopic (exact) mass is 414 g/mol. The molecular weight excluding hydrogens is 392 g/mol. The summed E-state index contributed by atoms with van der Waals surface area (Å²) in [7, 11) is 1.59. The number of carbonyl (C=O) groups excluding carboxylic acids is 1. The van der Waals surface area contributed by atoms with Gasteiger partial charge >= 0.3 is 5.69 Å². The Bertz CT molecular complexity index is 1300. The third-order valence-corrected chi connectivity index (χ3v) is 5.13. The Morgan fingerprint density at radius 1 is 1.00 bits per heavy atom. The number of hydrogen-bond donors (Lipinski definition) is 2. The number of nitrogens with one attached hydrogen (secondary N) is 1. The molecule has 3 aromatic carbocycles. The minimum absolute atomic E-state index is 0.157. The third kappa shape index (κ3) is 4.40. The molecule has 0 unspecified atom stereocenters. The summed E-state index contributed by atoms with van der Waals surface area (Å²) in [5.74, 6) is 0.748. The van der Waals surface area contributed by atoms with Gasteiger partial charge in [-0.25, -0.2) is 4.79 Å². The highest BCUT2D eigenvalue weighted by molar-refractivity contribution is 5.95. The van der Waals surface area contributed by atoms with Gasteiger partial charge < -0.3 is 15.8 Å². The second-order valence-corrected chi connectivity index (χ2v) is 7.10. The van der Waals surface area contributed by atoms with Gasteiger partial charge in [0.15, 0.2) is 0 Å². The molecule has 1 heterocycles. The lowest BCUT2D eigenvalue weighted by molar-refractivity contribution is 0.0951. The molecule has 0 aliphatic rings. The average Bonchev–Trinajstić information content (AvgIpc) is 2.80. The fraction of sp³-hybridized carbons (Fsp3) is 0.125. The van der Waals surface area contributed by atoms with E-state index in [0.717, 1.165) is 21.9 Å². The van der Waals surface area contributed by atoms with Crippen molar-refractivity contribution in [3.8, 4) is 5.75 Å². The van der Waals surface area contributed by atoms with Crippen molar-refractivity contribution in [3.63, 3.8) is 0 Å². The normalized spacial score (nSPS) is 10.7. The molecule has 7 heteroatoms. The Kier molecular flexibility index (Phi) is 5.66. The third-order valence-electron chi connectivity index (χ3n) is 5.13. The summed E-state index contributed by atoms with van der Waals surface area (Å²) in [4.78, 5) is 28.4. The molecule has 4 rings (SSSR count). The van der Waals surface area contributed by atoms with Crippen LogP contribution in [0.2, 0.25) is 0 Å². The Morgan fingerprint density at radius 3 is 2.35 bits per heavy atom. The number of rotatable bonds is 6. The van der Waals surface area contributed by atoms with Crippen molar-refractivity contribution in [2.75, 3.05) is 12.8 Å². The molecule has 156 valence electrons. The van der Waals surface area contributed by atoms with Gasteiger partial charge in [-0.05, 0) is 52.2 Å². The number of anilines is 1. The number of carbonyl (C=O) groups is 1. The summed E-state index contributed by atoms with van der Waals surface area (Å²) in [6.07, 6.45) is 1.64. The number of benzene rings is 3. The smallest absolute Gasteiger partial charge is 0.349 e. The fourth-order valence-corrected chi connectivity index (χ4v) is 3.48. The first-order valence-electron chi connectivity index (χ1n) is 9.80. The van der Waals surface area contributed by atoms with E-state index in [2.05, 4.69) is 10.3 Å². The van der Waals surface area contributed by atoms with Crippen LogP contribution in [0.5, 0.6) is 5.75 Å². The lowest BCUT2D eigenvalue weighted by Gasteiger charge is -2.13. The number of nitrogens with two attached hydrogens (primary N) is 1. The lowest BCUT2D eigenvalue weighted by atomic mass is 9.99. The van der Waals surface area contributed by atoms with Crippen LogP contribution in [0.1, 0.15) is 21.5 Å². The average molecular weight is 414 g/mol. The molecule has 7 nitrogen and oxygen atoms in total. The second kappa shape index (κ2) is 8.71. The number of aromatic nitrogens is 2. The highest BCUT2D eigenvalue weighted by Crippen LogP contribution is 2.24. The maximum atomic E-state index is 12.5.